The van der Waals surface area contributed by atoms with Crippen LogP contribution in [0.5, 0.6) is 0 Å². The van der Waals surface area contributed by atoms with Crippen molar-refractivity contribution in [3.63, 3.8) is 0 Å². The Morgan fingerprint density at radius 3 is 2.57 bits per heavy atom. The first kappa shape index (κ1) is 15.9. The Morgan fingerprint density at radius 2 is 2.00 bits per heavy atom. The van der Waals surface area contributed by atoms with E-state index in [9.17, 15) is 9.90 Å². The van der Waals surface area contributed by atoms with Crippen LogP contribution in [0.2, 0.25) is 0 Å². The number of nitrogens with zero attached hydrogens (tertiary/aromatic N) is 1. The Kier molecular flexibility index (Phi) is 6.17. The molecule has 1 aliphatic heterocycles. The van der Waals surface area contributed by atoms with Gasteiger partial charge in [-0.3, -0.25) is 15.0 Å². The molecule has 1 aromatic rings. The van der Waals surface area contributed by atoms with Crippen molar-refractivity contribution in [2.24, 2.45) is 0 Å². The standard InChI is InChI=1S/C16H24N2O3/c1-2-15(18-8-10-21-11-9-18)17-14(16(19)20)12-13-6-4-3-5-7-13/h3-7,14-15,17H,2,8-12H2,1H3,(H,19,20)/t14-,15?/m1/s1. The summed E-state index contributed by atoms with van der Waals surface area (Å²) in [5.41, 5.74) is 1.04. The number of hydrogen-bond acceptors (Lipinski definition) is 4. The average Bonchev–Trinajstić information content (AvgIpc) is 2.53. The summed E-state index contributed by atoms with van der Waals surface area (Å²) >= 11 is 0. The van der Waals surface area contributed by atoms with E-state index in [1.165, 1.54) is 0 Å². The highest BCUT2D eigenvalue weighted by molar-refractivity contribution is 5.74. The van der Waals surface area contributed by atoms with E-state index in [1.807, 2.05) is 30.3 Å². The first-order valence-electron chi connectivity index (χ1n) is 7.55. The van der Waals surface area contributed by atoms with Crippen LogP contribution in [0.1, 0.15) is 18.9 Å². The van der Waals surface area contributed by atoms with Crippen LogP contribution in [0, 0.1) is 0 Å². The maximum atomic E-state index is 11.5. The van der Waals surface area contributed by atoms with Crippen molar-refractivity contribution in [3.8, 4) is 0 Å². The van der Waals surface area contributed by atoms with Gasteiger partial charge in [0.1, 0.15) is 6.04 Å². The van der Waals surface area contributed by atoms with Crippen LogP contribution in [0.15, 0.2) is 30.3 Å². The molecule has 0 radical (unpaired) electrons. The second-order valence-corrected chi connectivity index (χ2v) is 5.32. The van der Waals surface area contributed by atoms with Crippen LogP contribution >= 0.6 is 0 Å². The first-order chi connectivity index (χ1) is 10.2. The van der Waals surface area contributed by atoms with Gasteiger partial charge >= 0.3 is 5.97 Å². The van der Waals surface area contributed by atoms with Gasteiger partial charge in [-0.1, -0.05) is 37.3 Å². The van der Waals surface area contributed by atoms with E-state index in [4.69, 9.17) is 4.74 Å². The molecule has 0 saturated carbocycles. The molecular weight excluding hydrogens is 268 g/mol. The molecule has 21 heavy (non-hydrogen) atoms. The van der Waals surface area contributed by atoms with E-state index >= 15 is 0 Å². The van der Waals surface area contributed by atoms with Gasteiger partial charge in [-0.25, -0.2) is 0 Å². The summed E-state index contributed by atoms with van der Waals surface area (Å²) in [4.78, 5) is 13.8. The fraction of sp³-hybridized carbons (Fsp3) is 0.562. The van der Waals surface area contributed by atoms with Crippen molar-refractivity contribution in [2.45, 2.75) is 32.0 Å². The summed E-state index contributed by atoms with van der Waals surface area (Å²) in [7, 11) is 0. The van der Waals surface area contributed by atoms with Crippen LogP contribution < -0.4 is 5.32 Å². The molecule has 0 spiro atoms. The van der Waals surface area contributed by atoms with Gasteiger partial charge in [0.15, 0.2) is 0 Å². The van der Waals surface area contributed by atoms with Gasteiger partial charge in [-0.15, -0.1) is 0 Å². The van der Waals surface area contributed by atoms with Crippen LogP contribution in [-0.4, -0.2) is 54.5 Å². The molecule has 1 unspecified atom stereocenters. The van der Waals surface area contributed by atoms with E-state index in [2.05, 4.69) is 17.1 Å². The number of carbonyl (C=O) groups is 1. The summed E-state index contributed by atoms with van der Waals surface area (Å²) < 4.78 is 5.36. The molecule has 0 aromatic heterocycles. The molecule has 1 fully saturated rings. The number of aliphatic carboxylic acids is 1. The van der Waals surface area contributed by atoms with Crippen LogP contribution in [0.3, 0.4) is 0 Å². The zero-order valence-electron chi connectivity index (χ0n) is 12.5. The summed E-state index contributed by atoms with van der Waals surface area (Å²) in [5, 5.41) is 12.8. The van der Waals surface area contributed by atoms with Gasteiger partial charge in [0.25, 0.3) is 0 Å². The van der Waals surface area contributed by atoms with E-state index < -0.39 is 12.0 Å². The number of hydrogen-bond donors (Lipinski definition) is 2. The minimum atomic E-state index is -0.800. The number of morpholine rings is 1. The van der Waals surface area contributed by atoms with E-state index in [1.54, 1.807) is 0 Å². The summed E-state index contributed by atoms with van der Waals surface area (Å²) in [5.74, 6) is -0.800. The quantitative estimate of drug-likeness (QED) is 0.794. The highest BCUT2D eigenvalue weighted by atomic mass is 16.5. The minimum absolute atomic E-state index is 0.0821. The van der Waals surface area contributed by atoms with Crippen LogP contribution in [0.25, 0.3) is 0 Å². The minimum Gasteiger partial charge on any atom is -0.480 e. The molecule has 5 heteroatoms. The molecule has 2 N–H and O–H groups in total. The van der Waals surface area contributed by atoms with Crippen molar-refractivity contribution < 1.29 is 14.6 Å². The van der Waals surface area contributed by atoms with Crippen LogP contribution in [0.4, 0.5) is 0 Å². The van der Waals surface area contributed by atoms with Crippen molar-refractivity contribution in [2.75, 3.05) is 26.3 Å². The van der Waals surface area contributed by atoms with Crippen molar-refractivity contribution in [3.05, 3.63) is 35.9 Å². The van der Waals surface area contributed by atoms with Crippen LogP contribution in [-0.2, 0) is 16.0 Å². The van der Waals surface area contributed by atoms with E-state index in [0.717, 1.165) is 25.1 Å². The molecule has 2 rings (SSSR count). The maximum Gasteiger partial charge on any atom is 0.321 e. The Balaban J connectivity index is 1.98. The smallest absolute Gasteiger partial charge is 0.321 e. The third-order valence-corrected chi connectivity index (χ3v) is 3.85. The molecule has 1 heterocycles. The predicted octanol–water partition coefficient (Wildman–Crippen LogP) is 1.34. The average molecular weight is 292 g/mol. The number of carboxylic acid groups (broad SMARTS) is 1. The molecular formula is C16H24N2O3. The van der Waals surface area contributed by atoms with Crippen molar-refractivity contribution in [1.82, 2.24) is 10.2 Å². The second-order valence-electron chi connectivity index (χ2n) is 5.32. The Morgan fingerprint density at radius 1 is 1.33 bits per heavy atom. The number of rotatable bonds is 7. The van der Waals surface area contributed by atoms with Gasteiger partial charge in [0.2, 0.25) is 0 Å². The zero-order valence-corrected chi connectivity index (χ0v) is 12.5. The maximum absolute atomic E-state index is 11.5. The SMILES string of the molecule is CCC(N[C@H](Cc1ccccc1)C(=O)O)N1CCOCC1. The molecule has 1 aliphatic rings. The molecule has 1 saturated heterocycles. The molecule has 116 valence electrons. The number of carboxylic acids is 1. The Bertz CT molecular complexity index is 432. The molecule has 2 atom stereocenters. The lowest BCUT2D eigenvalue weighted by atomic mass is 10.1. The Hall–Kier alpha value is -1.43. The monoisotopic (exact) mass is 292 g/mol. The lowest BCUT2D eigenvalue weighted by molar-refractivity contribution is -0.140. The highest BCUT2D eigenvalue weighted by Gasteiger charge is 2.25. The number of nitrogens with one attached hydrogen (secondary N) is 1. The number of ether oxygens (including phenoxy) is 1. The highest BCUT2D eigenvalue weighted by Crippen LogP contribution is 2.09. The summed E-state index contributed by atoms with van der Waals surface area (Å²) in [6, 6.07) is 9.18. The van der Waals surface area contributed by atoms with Gasteiger partial charge in [-0.05, 0) is 18.4 Å². The largest absolute Gasteiger partial charge is 0.480 e. The van der Waals surface area contributed by atoms with Gasteiger partial charge in [0.05, 0.1) is 19.4 Å². The normalized spacial score (nSPS) is 19.1. The van der Waals surface area contributed by atoms with Crippen molar-refractivity contribution in [1.29, 1.82) is 0 Å². The Labute approximate surface area is 125 Å². The lowest BCUT2D eigenvalue weighted by Gasteiger charge is -2.36. The third kappa shape index (κ3) is 4.81. The topological polar surface area (TPSA) is 61.8 Å². The molecule has 5 nitrogen and oxygen atoms in total. The first-order valence-corrected chi connectivity index (χ1v) is 7.55. The van der Waals surface area contributed by atoms with E-state index in [0.29, 0.717) is 19.6 Å². The van der Waals surface area contributed by atoms with Gasteiger partial charge in [-0.2, -0.15) is 0 Å². The fourth-order valence-corrected chi connectivity index (χ4v) is 2.67. The predicted molar refractivity (Wildman–Crippen MR) is 81.2 cm³/mol. The molecule has 1 aromatic carbocycles. The van der Waals surface area contributed by atoms with Gasteiger partial charge in [0, 0.05) is 13.1 Å². The summed E-state index contributed by atoms with van der Waals surface area (Å²) in [6.07, 6.45) is 1.45. The second kappa shape index (κ2) is 8.12. The number of benzene rings is 1. The fourth-order valence-electron chi connectivity index (χ4n) is 2.67. The molecule has 0 amide bonds. The van der Waals surface area contributed by atoms with E-state index in [-0.39, 0.29) is 6.17 Å². The third-order valence-electron chi connectivity index (χ3n) is 3.85. The zero-order chi connectivity index (χ0) is 15.1. The molecule has 0 aliphatic carbocycles. The summed E-state index contributed by atoms with van der Waals surface area (Å²) in [6.45, 7) is 5.21. The van der Waals surface area contributed by atoms with Gasteiger partial charge < -0.3 is 9.84 Å². The lowest BCUT2D eigenvalue weighted by Crippen LogP contribution is -2.55. The molecule has 0 bridgehead atoms. The van der Waals surface area contributed by atoms with Crippen molar-refractivity contribution >= 4 is 5.97 Å².